The lowest BCUT2D eigenvalue weighted by Crippen LogP contribution is -2.48. The van der Waals surface area contributed by atoms with Crippen LogP contribution in [0.1, 0.15) is 54.2 Å². The molecule has 35 heavy (non-hydrogen) atoms. The van der Waals surface area contributed by atoms with E-state index in [1.807, 2.05) is 0 Å². The Morgan fingerprint density at radius 1 is 1.26 bits per heavy atom. The SMILES string of the molecule is COC(=O)c1csc(NC(=O)[C@H](CC2CCCC2)N2C(=O)NC(c3ccc4c(c3)OCO4)C2=O)n1. The number of nitrogens with one attached hydrogen (secondary N) is 2. The molecule has 2 N–H and O–H groups in total. The fourth-order valence-electron chi connectivity index (χ4n) is 4.72. The number of thiazole rings is 1. The van der Waals surface area contributed by atoms with Crippen LogP contribution >= 0.6 is 11.3 Å². The Morgan fingerprint density at radius 2 is 2.03 bits per heavy atom. The average molecular weight is 501 g/mol. The summed E-state index contributed by atoms with van der Waals surface area (Å²) in [4.78, 5) is 56.6. The van der Waals surface area contributed by atoms with Crippen LogP contribution in [-0.4, -0.2) is 53.6 Å². The molecule has 2 fully saturated rings. The van der Waals surface area contributed by atoms with E-state index in [1.165, 1.54) is 12.5 Å². The molecule has 3 heterocycles. The molecule has 1 aromatic carbocycles. The molecule has 2 atom stereocenters. The van der Waals surface area contributed by atoms with Gasteiger partial charge in [0.1, 0.15) is 12.1 Å². The standard InChI is InChI=1S/C23H24N4O7S/c1-32-21(30)14-10-35-22(24-14)26-19(28)15(8-12-4-2-3-5-12)27-20(29)18(25-23(27)31)13-6-7-16-17(9-13)34-11-33-16/h6-7,9-10,12,15,18H,2-5,8,11H2,1H3,(H,25,31)(H,24,26,28)/t15-,18?/m0/s1. The maximum absolute atomic E-state index is 13.4. The summed E-state index contributed by atoms with van der Waals surface area (Å²) < 4.78 is 15.4. The molecule has 0 bridgehead atoms. The quantitative estimate of drug-likeness (QED) is 0.438. The van der Waals surface area contributed by atoms with Crippen LogP contribution in [0.25, 0.3) is 0 Å². The van der Waals surface area contributed by atoms with Gasteiger partial charge in [0, 0.05) is 5.38 Å². The third kappa shape index (κ3) is 4.53. The normalized spacial score (nSPS) is 20.1. The van der Waals surface area contributed by atoms with E-state index in [2.05, 4.69) is 20.4 Å². The van der Waals surface area contributed by atoms with Gasteiger partial charge in [-0.25, -0.2) is 19.5 Å². The smallest absolute Gasteiger partial charge is 0.357 e. The number of hydrogen-bond acceptors (Lipinski definition) is 9. The van der Waals surface area contributed by atoms with Crippen molar-refractivity contribution in [2.45, 2.75) is 44.2 Å². The zero-order valence-electron chi connectivity index (χ0n) is 18.9. The number of ether oxygens (including phenoxy) is 3. The molecule has 11 nitrogen and oxygen atoms in total. The number of carbonyl (C=O) groups is 4. The third-order valence-corrected chi connectivity index (χ3v) is 7.23. The molecular formula is C23H24N4O7S. The maximum atomic E-state index is 13.4. The predicted molar refractivity (Wildman–Crippen MR) is 123 cm³/mol. The number of imide groups is 1. The lowest BCUT2D eigenvalue weighted by Gasteiger charge is -2.26. The Balaban J connectivity index is 1.38. The van der Waals surface area contributed by atoms with E-state index in [-0.39, 0.29) is 23.5 Å². The van der Waals surface area contributed by atoms with Gasteiger partial charge in [0.25, 0.3) is 5.91 Å². The minimum Gasteiger partial charge on any atom is -0.464 e. The average Bonchev–Trinajstić information content (AvgIpc) is 3.65. The summed E-state index contributed by atoms with van der Waals surface area (Å²) in [5.74, 6) is -0.384. The number of anilines is 1. The lowest BCUT2D eigenvalue weighted by molar-refractivity contribution is -0.134. The first-order chi connectivity index (χ1) is 16.9. The van der Waals surface area contributed by atoms with Crippen LogP contribution in [0.2, 0.25) is 0 Å². The Kier molecular flexibility index (Phi) is 6.29. The van der Waals surface area contributed by atoms with Crippen molar-refractivity contribution in [3.8, 4) is 11.5 Å². The Bertz CT molecular complexity index is 1180. The molecule has 2 aliphatic heterocycles. The number of fused-ring (bicyclic) bond motifs is 1. The van der Waals surface area contributed by atoms with Crippen molar-refractivity contribution in [1.82, 2.24) is 15.2 Å². The van der Waals surface area contributed by atoms with E-state index in [1.54, 1.807) is 18.2 Å². The molecule has 4 amide bonds. The molecule has 12 heteroatoms. The van der Waals surface area contributed by atoms with Gasteiger partial charge in [-0.2, -0.15) is 0 Å². The molecule has 1 saturated heterocycles. The highest BCUT2D eigenvalue weighted by atomic mass is 32.1. The summed E-state index contributed by atoms with van der Waals surface area (Å²) >= 11 is 1.06. The minimum absolute atomic E-state index is 0.0676. The summed E-state index contributed by atoms with van der Waals surface area (Å²) in [6.07, 6.45) is 4.32. The van der Waals surface area contributed by atoms with Crippen LogP contribution in [0.15, 0.2) is 23.6 Å². The number of hydrogen-bond donors (Lipinski definition) is 2. The molecule has 5 rings (SSSR count). The number of amides is 4. The zero-order chi connectivity index (χ0) is 24.5. The number of carbonyl (C=O) groups excluding carboxylic acids is 4. The number of rotatable bonds is 7. The summed E-state index contributed by atoms with van der Waals surface area (Å²) in [5.41, 5.74) is 0.607. The van der Waals surface area contributed by atoms with Crippen LogP contribution in [0.5, 0.6) is 11.5 Å². The van der Waals surface area contributed by atoms with Crippen molar-refractivity contribution in [1.29, 1.82) is 0 Å². The highest BCUT2D eigenvalue weighted by Crippen LogP contribution is 2.37. The first-order valence-corrected chi connectivity index (χ1v) is 12.2. The summed E-state index contributed by atoms with van der Waals surface area (Å²) in [7, 11) is 1.24. The molecule has 2 aromatic rings. The van der Waals surface area contributed by atoms with E-state index < -0.39 is 35.9 Å². The minimum atomic E-state index is -1.02. The number of aromatic nitrogens is 1. The fourth-order valence-corrected chi connectivity index (χ4v) is 5.40. The van der Waals surface area contributed by atoms with Crippen molar-refractivity contribution in [2.24, 2.45) is 5.92 Å². The molecule has 0 radical (unpaired) electrons. The van der Waals surface area contributed by atoms with E-state index in [4.69, 9.17) is 9.47 Å². The monoisotopic (exact) mass is 500 g/mol. The Hall–Kier alpha value is -3.67. The van der Waals surface area contributed by atoms with Crippen LogP contribution < -0.4 is 20.1 Å². The van der Waals surface area contributed by atoms with Crippen molar-refractivity contribution in [2.75, 3.05) is 19.2 Å². The second-order valence-corrected chi connectivity index (χ2v) is 9.48. The molecule has 3 aliphatic rings. The Labute approximate surface area is 204 Å². The molecule has 1 saturated carbocycles. The van der Waals surface area contributed by atoms with Crippen LogP contribution in [-0.2, 0) is 14.3 Å². The Morgan fingerprint density at radius 3 is 2.80 bits per heavy atom. The second kappa shape index (κ2) is 9.53. The summed E-state index contributed by atoms with van der Waals surface area (Å²) in [5, 5.41) is 7.03. The topological polar surface area (TPSA) is 136 Å². The molecule has 184 valence electrons. The second-order valence-electron chi connectivity index (χ2n) is 8.62. The van der Waals surface area contributed by atoms with Crippen LogP contribution in [0, 0.1) is 5.92 Å². The van der Waals surface area contributed by atoms with Crippen molar-refractivity contribution in [3.05, 3.63) is 34.8 Å². The van der Waals surface area contributed by atoms with Gasteiger partial charge in [-0.3, -0.25) is 9.59 Å². The zero-order valence-corrected chi connectivity index (χ0v) is 19.8. The van der Waals surface area contributed by atoms with Gasteiger partial charge in [-0.1, -0.05) is 31.7 Å². The summed E-state index contributed by atoms with van der Waals surface area (Å²) in [6, 6.07) is 2.44. The number of urea groups is 1. The predicted octanol–water partition coefficient (Wildman–Crippen LogP) is 2.84. The van der Waals surface area contributed by atoms with Crippen LogP contribution in [0.3, 0.4) is 0 Å². The van der Waals surface area contributed by atoms with Gasteiger partial charge in [0.05, 0.1) is 7.11 Å². The first-order valence-electron chi connectivity index (χ1n) is 11.3. The van der Waals surface area contributed by atoms with Gasteiger partial charge >= 0.3 is 12.0 Å². The third-order valence-electron chi connectivity index (χ3n) is 6.48. The van der Waals surface area contributed by atoms with Gasteiger partial charge in [0.2, 0.25) is 12.7 Å². The van der Waals surface area contributed by atoms with E-state index in [0.717, 1.165) is 41.9 Å². The molecule has 0 spiro atoms. The maximum Gasteiger partial charge on any atom is 0.357 e. The number of benzene rings is 1. The summed E-state index contributed by atoms with van der Waals surface area (Å²) in [6.45, 7) is 0.0912. The van der Waals surface area contributed by atoms with Gasteiger partial charge < -0.3 is 24.8 Å². The highest BCUT2D eigenvalue weighted by Gasteiger charge is 2.46. The number of methoxy groups -OCH3 is 1. The highest BCUT2D eigenvalue weighted by molar-refractivity contribution is 7.14. The van der Waals surface area contributed by atoms with Crippen molar-refractivity contribution in [3.63, 3.8) is 0 Å². The van der Waals surface area contributed by atoms with Gasteiger partial charge in [-0.05, 0) is 30.0 Å². The molecule has 1 aromatic heterocycles. The molecule has 1 unspecified atom stereocenters. The van der Waals surface area contributed by atoms with Crippen molar-refractivity contribution < 1.29 is 33.4 Å². The molecule has 1 aliphatic carbocycles. The first kappa shape index (κ1) is 23.1. The fraction of sp³-hybridized carbons (Fsp3) is 0.435. The van der Waals surface area contributed by atoms with E-state index in [9.17, 15) is 19.2 Å². The van der Waals surface area contributed by atoms with Gasteiger partial charge in [-0.15, -0.1) is 11.3 Å². The van der Waals surface area contributed by atoms with Gasteiger partial charge in [0.15, 0.2) is 22.3 Å². The number of nitrogens with zero attached hydrogens (tertiary/aromatic N) is 2. The molecular weight excluding hydrogens is 476 g/mol. The van der Waals surface area contributed by atoms with E-state index in [0.29, 0.717) is 23.5 Å². The van der Waals surface area contributed by atoms with E-state index >= 15 is 0 Å². The van der Waals surface area contributed by atoms with Crippen LogP contribution in [0.4, 0.5) is 9.93 Å². The lowest BCUT2D eigenvalue weighted by atomic mass is 9.96. The largest absolute Gasteiger partial charge is 0.464 e. The number of esters is 1. The van der Waals surface area contributed by atoms with Crippen molar-refractivity contribution >= 4 is 40.3 Å².